The van der Waals surface area contributed by atoms with E-state index in [4.69, 9.17) is 0 Å². The first-order valence-corrected chi connectivity index (χ1v) is 9.93. The molecule has 6 nitrogen and oxygen atoms in total. The predicted molar refractivity (Wildman–Crippen MR) is 94.2 cm³/mol. The first-order chi connectivity index (χ1) is 11.5. The van der Waals surface area contributed by atoms with Crippen LogP contribution in [0.25, 0.3) is 0 Å². The van der Waals surface area contributed by atoms with Crippen molar-refractivity contribution in [3.63, 3.8) is 0 Å². The lowest BCUT2D eigenvalue weighted by atomic mass is 10.2. The number of carbonyl (C=O) groups excluding carboxylic acids is 1. The Balaban J connectivity index is 1.72. The molecule has 0 radical (unpaired) electrons. The SMILES string of the molecule is Cc1ccc(S(=O)(=O)N2CCCC2C(=O)NNc2ccccc2)s1. The summed E-state index contributed by atoms with van der Waals surface area (Å²) in [6, 6.07) is 11.9. The number of rotatable bonds is 5. The Kier molecular flexibility index (Phi) is 4.88. The molecule has 1 amide bonds. The molecule has 2 aromatic rings. The van der Waals surface area contributed by atoms with Gasteiger partial charge >= 0.3 is 0 Å². The molecule has 1 aliphatic heterocycles. The van der Waals surface area contributed by atoms with E-state index < -0.39 is 16.1 Å². The van der Waals surface area contributed by atoms with Crippen LogP contribution in [0.4, 0.5) is 5.69 Å². The van der Waals surface area contributed by atoms with E-state index in [1.807, 2.05) is 37.3 Å². The first-order valence-electron chi connectivity index (χ1n) is 7.68. The molecule has 128 valence electrons. The number of hydrogen-bond donors (Lipinski definition) is 2. The second kappa shape index (κ2) is 6.92. The van der Waals surface area contributed by atoms with Crippen LogP contribution in [0.5, 0.6) is 0 Å². The van der Waals surface area contributed by atoms with Crippen LogP contribution in [0.1, 0.15) is 17.7 Å². The van der Waals surface area contributed by atoms with Gasteiger partial charge in [-0.3, -0.25) is 15.6 Å². The molecule has 2 N–H and O–H groups in total. The fourth-order valence-corrected chi connectivity index (χ4v) is 5.76. The van der Waals surface area contributed by atoms with Gasteiger partial charge in [0.15, 0.2) is 0 Å². The number of nitrogens with zero attached hydrogens (tertiary/aromatic N) is 1. The number of carbonyl (C=O) groups is 1. The lowest BCUT2D eigenvalue weighted by Gasteiger charge is -2.23. The summed E-state index contributed by atoms with van der Waals surface area (Å²) in [4.78, 5) is 13.4. The maximum Gasteiger partial charge on any atom is 0.256 e. The van der Waals surface area contributed by atoms with Crippen LogP contribution in [0.3, 0.4) is 0 Å². The van der Waals surface area contributed by atoms with E-state index in [1.165, 1.54) is 15.6 Å². The van der Waals surface area contributed by atoms with Crippen LogP contribution in [-0.2, 0) is 14.8 Å². The summed E-state index contributed by atoms with van der Waals surface area (Å²) < 4.78 is 27.1. The zero-order valence-corrected chi connectivity index (χ0v) is 14.9. The highest BCUT2D eigenvalue weighted by Crippen LogP contribution is 2.30. The van der Waals surface area contributed by atoms with Crippen molar-refractivity contribution in [1.82, 2.24) is 9.73 Å². The maximum atomic E-state index is 12.8. The predicted octanol–water partition coefficient (Wildman–Crippen LogP) is 2.35. The number of amides is 1. The molecule has 0 spiro atoms. The average molecular weight is 365 g/mol. The molecule has 2 heterocycles. The van der Waals surface area contributed by atoms with Gasteiger partial charge in [-0.2, -0.15) is 4.31 Å². The van der Waals surface area contributed by atoms with E-state index in [9.17, 15) is 13.2 Å². The van der Waals surface area contributed by atoms with Crippen LogP contribution >= 0.6 is 11.3 Å². The van der Waals surface area contributed by atoms with Gasteiger partial charge in [-0.15, -0.1) is 11.3 Å². The number of hydrazine groups is 1. The van der Waals surface area contributed by atoms with E-state index in [-0.39, 0.29) is 10.1 Å². The number of hydrogen-bond acceptors (Lipinski definition) is 5. The minimum atomic E-state index is -3.63. The number of anilines is 1. The molecule has 1 saturated heterocycles. The van der Waals surface area contributed by atoms with Gasteiger partial charge in [0.05, 0.1) is 5.69 Å². The summed E-state index contributed by atoms with van der Waals surface area (Å²) >= 11 is 1.23. The molecule has 0 bridgehead atoms. The number of nitrogens with one attached hydrogen (secondary N) is 2. The van der Waals surface area contributed by atoms with Crippen molar-refractivity contribution >= 4 is 33.0 Å². The molecule has 3 rings (SSSR count). The molecule has 8 heteroatoms. The summed E-state index contributed by atoms with van der Waals surface area (Å²) in [6.45, 7) is 2.23. The van der Waals surface area contributed by atoms with Gasteiger partial charge in [-0.25, -0.2) is 8.42 Å². The number of para-hydroxylation sites is 1. The Labute approximate surface area is 145 Å². The first kappa shape index (κ1) is 16.9. The molecule has 1 aliphatic rings. The molecule has 24 heavy (non-hydrogen) atoms. The Morgan fingerprint density at radius 1 is 1.21 bits per heavy atom. The highest BCUT2D eigenvalue weighted by atomic mass is 32.2. The molecule has 1 fully saturated rings. The average Bonchev–Trinajstić information content (AvgIpc) is 3.23. The normalized spacial score (nSPS) is 18.5. The second-order valence-electron chi connectivity index (χ2n) is 5.62. The lowest BCUT2D eigenvalue weighted by molar-refractivity contribution is -0.123. The van der Waals surface area contributed by atoms with Gasteiger partial charge in [-0.05, 0) is 44.0 Å². The van der Waals surface area contributed by atoms with Crippen LogP contribution in [0.15, 0.2) is 46.7 Å². The van der Waals surface area contributed by atoms with E-state index in [2.05, 4.69) is 10.9 Å². The summed E-state index contributed by atoms with van der Waals surface area (Å²) in [7, 11) is -3.63. The Morgan fingerprint density at radius 2 is 1.96 bits per heavy atom. The minimum absolute atomic E-state index is 0.288. The molecular weight excluding hydrogens is 346 g/mol. The number of aryl methyl sites for hydroxylation is 1. The van der Waals surface area contributed by atoms with Crippen LogP contribution < -0.4 is 10.9 Å². The Morgan fingerprint density at radius 3 is 2.62 bits per heavy atom. The van der Waals surface area contributed by atoms with Gasteiger partial charge in [0.2, 0.25) is 0 Å². The molecule has 1 aromatic carbocycles. The molecule has 0 saturated carbocycles. The Hall–Kier alpha value is -1.90. The fourth-order valence-electron chi connectivity index (χ4n) is 2.69. The van der Waals surface area contributed by atoms with Crippen molar-refractivity contribution in [3.8, 4) is 0 Å². The number of sulfonamides is 1. The minimum Gasteiger partial charge on any atom is -0.299 e. The van der Waals surface area contributed by atoms with Crippen LogP contribution in [0, 0.1) is 6.92 Å². The largest absolute Gasteiger partial charge is 0.299 e. The standard InChI is InChI=1S/C16H19N3O3S2/c1-12-9-10-15(23-12)24(21,22)19-11-5-8-14(19)16(20)18-17-13-6-3-2-4-7-13/h2-4,6-7,9-10,14,17H,5,8,11H2,1H3,(H,18,20). The molecule has 1 unspecified atom stereocenters. The highest BCUT2D eigenvalue weighted by Gasteiger charge is 2.40. The van der Waals surface area contributed by atoms with Gasteiger partial charge in [0.25, 0.3) is 15.9 Å². The van der Waals surface area contributed by atoms with Crippen molar-refractivity contribution in [2.24, 2.45) is 0 Å². The van der Waals surface area contributed by atoms with Crippen molar-refractivity contribution in [2.75, 3.05) is 12.0 Å². The molecule has 0 aliphatic carbocycles. The van der Waals surface area contributed by atoms with Crippen molar-refractivity contribution in [2.45, 2.75) is 30.0 Å². The van der Waals surface area contributed by atoms with Gasteiger partial charge < -0.3 is 0 Å². The molecular formula is C16H19N3O3S2. The molecule has 1 aromatic heterocycles. The third-order valence-electron chi connectivity index (χ3n) is 3.89. The zero-order valence-electron chi connectivity index (χ0n) is 13.2. The molecule has 1 atom stereocenters. The van der Waals surface area contributed by atoms with Crippen LogP contribution in [0.2, 0.25) is 0 Å². The number of thiophene rings is 1. The summed E-state index contributed by atoms with van der Waals surface area (Å²) in [5.41, 5.74) is 6.17. The third kappa shape index (κ3) is 3.45. The summed E-state index contributed by atoms with van der Waals surface area (Å²) in [5.74, 6) is -0.340. The van der Waals surface area contributed by atoms with E-state index >= 15 is 0 Å². The topological polar surface area (TPSA) is 78.5 Å². The van der Waals surface area contributed by atoms with Crippen molar-refractivity contribution in [3.05, 3.63) is 47.3 Å². The smallest absolute Gasteiger partial charge is 0.256 e. The Bertz CT molecular complexity index is 818. The van der Waals surface area contributed by atoms with Gasteiger partial charge in [0.1, 0.15) is 10.3 Å². The van der Waals surface area contributed by atoms with Crippen molar-refractivity contribution < 1.29 is 13.2 Å². The maximum absolute atomic E-state index is 12.8. The monoisotopic (exact) mass is 365 g/mol. The second-order valence-corrected chi connectivity index (χ2v) is 9.02. The van der Waals surface area contributed by atoms with Crippen molar-refractivity contribution in [1.29, 1.82) is 0 Å². The number of benzene rings is 1. The van der Waals surface area contributed by atoms with E-state index in [1.54, 1.807) is 12.1 Å². The van der Waals surface area contributed by atoms with E-state index in [0.29, 0.717) is 19.4 Å². The van der Waals surface area contributed by atoms with E-state index in [0.717, 1.165) is 10.6 Å². The summed E-state index contributed by atoms with van der Waals surface area (Å²) in [5, 5.41) is 0. The quantitative estimate of drug-likeness (QED) is 0.798. The third-order valence-corrected chi connectivity index (χ3v) is 7.27. The lowest BCUT2D eigenvalue weighted by Crippen LogP contribution is -2.47. The van der Waals surface area contributed by atoms with Gasteiger partial charge in [-0.1, -0.05) is 18.2 Å². The zero-order chi connectivity index (χ0) is 17.2. The van der Waals surface area contributed by atoms with Gasteiger partial charge in [0, 0.05) is 11.4 Å². The fraction of sp³-hybridized carbons (Fsp3) is 0.312. The van der Waals surface area contributed by atoms with Crippen LogP contribution in [-0.4, -0.2) is 31.2 Å². The summed E-state index contributed by atoms with van der Waals surface area (Å²) in [6.07, 6.45) is 1.19. The highest BCUT2D eigenvalue weighted by molar-refractivity contribution is 7.91.